The molecular weight excluding hydrogens is 328 g/mol. The Balaban J connectivity index is 1.96. The maximum atomic E-state index is 12.4. The number of nitrogen functional groups attached to an aromatic ring is 1. The highest BCUT2D eigenvalue weighted by atomic mass is 16.2. The van der Waals surface area contributed by atoms with E-state index in [1.165, 1.54) is 0 Å². The van der Waals surface area contributed by atoms with Gasteiger partial charge in [-0.05, 0) is 56.7 Å². The molecule has 0 radical (unpaired) electrons. The summed E-state index contributed by atoms with van der Waals surface area (Å²) in [7, 11) is 0. The molecule has 134 valence electrons. The Hall–Kier alpha value is -3.28. The Labute approximate surface area is 152 Å². The number of nitrogens with one attached hydrogen (secondary N) is 3. The lowest BCUT2D eigenvalue weighted by Gasteiger charge is -2.13. The Morgan fingerprint density at radius 1 is 1.19 bits per heavy atom. The summed E-state index contributed by atoms with van der Waals surface area (Å²) in [6.07, 6.45) is 0. The number of carbonyl (C=O) groups excluding carboxylic acids is 2. The first-order valence-electron chi connectivity index (χ1n) is 8.48. The van der Waals surface area contributed by atoms with Gasteiger partial charge in [0.05, 0.1) is 5.57 Å². The van der Waals surface area contributed by atoms with Crippen molar-refractivity contribution >= 4 is 34.4 Å². The summed E-state index contributed by atoms with van der Waals surface area (Å²) in [6, 6.07) is 10.9. The van der Waals surface area contributed by atoms with Gasteiger partial charge in [0.1, 0.15) is 0 Å². The molecule has 26 heavy (non-hydrogen) atoms. The van der Waals surface area contributed by atoms with Crippen LogP contribution in [0.1, 0.15) is 35.3 Å². The molecule has 1 aliphatic heterocycles. The van der Waals surface area contributed by atoms with E-state index in [2.05, 4.69) is 16.0 Å². The van der Waals surface area contributed by atoms with Crippen molar-refractivity contribution in [1.29, 1.82) is 0 Å². The van der Waals surface area contributed by atoms with Crippen LogP contribution < -0.4 is 21.7 Å². The highest BCUT2D eigenvalue weighted by molar-refractivity contribution is 6.32. The van der Waals surface area contributed by atoms with Crippen LogP contribution in [0.5, 0.6) is 0 Å². The molecule has 0 atom stereocenters. The lowest BCUT2D eigenvalue weighted by molar-refractivity contribution is -0.110. The van der Waals surface area contributed by atoms with Crippen molar-refractivity contribution in [3.8, 4) is 0 Å². The number of anilines is 3. The predicted octanol–water partition coefficient (Wildman–Crippen LogP) is 3.12. The zero-order valence-electron chi connectivity index (χ0n) is 15.1. The molecule has 3 rings (SSSR count). The largest absolute Gasteiger partial charge is 0.399 e. The summed E-state index contributed by atoms with van der Waals surface area (Å²) in [6.45, 7) is 6.17. The van der Waals surface area contributed by atoms with Crippen molar-refractivity contribution < 1.29 is 9.59 Å². The Bertz CT molecular complexity index is 931. The van der Waals surface area contributed by atoms with E-state index in [4.69, 9.17) is 5.73 Å². The Morgan fingerprint density at radius 2 is 1.96 bits per heavy atom. The van der Waals surface area contributed by atoms with Gasteiger partial charge in [0.2, 0.25) is 0 Å². The number of fused-ring (bicyclic) bond motifs is 1. The number of hydrogen-bond donors (Lipinski definition) is 4. The normalized spacial score (nSPS) is 14.5. The maximum Gasteiger partial charge on any atom is 0.258 e. The van der Waals surface area contributed by atoms with Crippen LogP contribution >= 0.6 is 0 Å². The molecule has 2 amide bonds. The lowest BCUT2D eigenvalue weighted by Crippen LogP contribution is -2.23. The van der Waals surface area contributed by atoms with Gasteiger partial charge < -0.3 is 21.7 Å². The number of hydrogen-bond acceptors (Lipinski definition) is 4. The zero-order valence-corrected chi connectivity index (χ0v) is 15.1. The van der Waals surface area contributed by atoms with Crippen molar-refractivity contribution in [3.63, 3.8) is 0 Å². The number of allylic oxidation sites excluding steroid dienone is 1. The molecule has 0 bridgehead atoms. The molecule has 2 aromatic carbocycles. The van der Waals surface area contributed by atoms with E-state index in [1.54, 1.807) is 24.3 Å². The van der Waals surface area contributed by atoms with Gasteiger partial charge >= 0.3 is 0 Å². The fraction of sp³-hybridized carbons (Fsp3) is 0.200. The molecule has 0 saturated carbocycles. The summed E-state index contributed by atoms with van der Waals surface area (Å²) in [4.78, 5) is 24.6. The molecule has 6 heteroatoms. The number of rotatable bonds is 4. The molecule has 0 aliphatic carbocycles. The van der Waals surface area contributed by atoms with Crippen LogP contribution in [0.2, 0.25) is 0 Å². The second-order valence-corrected chi connectivity index (χ2v) is 6.27. The third-order valence-corrected chi connectivity index (χ3v) is 4.31. The predicted molar refractivity (Wildman–Crippen MR) is 105 cm³/mol. The minimum atomic E-state index is -0.174. The molecule has 0 saturated heterocycles. The van der Waals surface area contributed by atoms with Gasteiger partial charge in [-0.1, -0.05) is 6.07 Å². The van der Waals surface area contributed by atoms with Gasteiger partial charge in [-0.15, -0.1) is 0 Å². The molecule has 0 unspecified atom stereocenters. The SMILES string of the molecule is CCNC(=O)c1cc(NC(C)=C2C(=O)Nc3ccc(N)cc32)ccc1C. The fourth-order valence-electron chi connectivity index (χ4n) is 3.04. The van der Waals surface area contributed by atoms with E-state index in [9.17, 15) is 9.59 Å². The lowest BCUT2D eigenvalue weighted by atomic mass is 10.0. The van der Waals surface area contributed by atoms with Gasteiger partial charge in [-0.3, -0.25) is 9.59 Å². The smallest absolute Gasteiger partial charge is 0.258 e. The van der Waals surface area contributed by atoms with Crippen molar-refractivity contribution in [1.82, 2.24) is 5.32 Å². The molecule has 6 nitrogen and oxygen atoms in total. The summed E-state index contributed by atoms with van der Waals surface area (Å²) in [5.41, 5.74) is 11.5. The van der Waals surface area contributed by atoms with E-state index in [-0.39, 0.29) is 11.8 Å². The van der Waals surface area contributed by atoms with Crippen LogP contribution in [0.25, 0.3) is 5.57 Å². The van der Waals surface area contributed by atoms with Crippen molar-refractivity contribution in [2.24, 2.45) is 0 Å². The van der Waals surface area contributed by atoms with Crippen LogP contribution in [0, 0.1) is 6.92 Å². The zero-order chi connectivity index (χ0) is 18.8. The quantitative estimate of drug-likeness (QED) is 0.503. The van der Waals surface area contributed by atoms with Gasteiger partial charge in [-0.25, -0.2) is 0 Å². The average Bonchev–Trinajstić information content (AvgIpc) is 2.91. The number of amides is 2. The second kappa shape index (κ2) is 6.92. The van der Waals surface area contributed by atoms with Gasteiger partial charge in [-0.2, -0.15) is 0 Å². The van der Waals surface area contributed by atoms with Crippen LogP contribution in [-0.4, -0.2) is 18.4 Å². The van der Waals surface area contributed by atoms with E-state index in [0.29, 0.717) is 29.1 Å². The first-order chi connectivity index (χ1) is 12.4. The minimum Gasteiger partial charge on any atom is -0.399 e. The second-order valence-electron chi connectivity index (χ2n) is 6.27. The molecule has 1 aliphatic rings. The molecule has 2 aromatic rings. The van der Waals surface area contributed by atoms with Crippen molar-refractivity contribution in [2.45, 2.75) is 20.8 Å². The third kappa shape index (κ3) is 3.26. The third-order valence-electron chi connectivity index (χ3n) is 4.31. The number of aryl methyl sites for hydroxylation is 1. The Kier molecular flexibility index (Phi) is 4.67. The van der Waals surface area contributed by atoms with E-state index < -0.39 is 0 Å². The topological polar surface area (TPSA) is 96.2 Å². The standard InChI is InChI=1S/C20H22N4O2/c1-4-22-19(25)15-10-14(7-5-11(15)2)23-12(3)18-16-9-13(21)6-8-17(16)24-20(18)26/h5-10,23H,4,21H2,1-3H3,(H,22,25)(H,24,26). The molecule has 0 fully saturated rings. The number of nitrogens with two attached hydrogens (primary N) is 1. The van der Waals surface area contributed by atoms with Crippen LogP contribution in [0.3, 0.4) is 0 Å². The molecule has 5 N–H and O–H groups in total. The summed E-state index contributed by atoms with van der Waals surface area (Å²) >= 11 is 0. The highest BCUT2D eigenvalue weighted by Crippen LogP contribution is 2.35. The highest BCUT2D eigenvalue weighted by Gasteiger charge is 2.26. The average molecular weight is 350 g/mol. The van der Waals surface area contributed by atoms with E-state index in [1.807, 2.05) is 32.9 Å². The van der Waals surface area contributed by atoms with Gasteiger partial charge in [0.15, 0.2) is 0 Å². The summed E-state index contributed by atoms with van der Waals surface area (Å²) in [5.74, 6) is -0.289. The van der Waals surface area contributed by atoms with Crippen molar-refractivity contribution in [2.75, 3.05) is 22.9 Å². The van der Waals surface area contributed by atoms with E-state index in [0.717, 1.165) is 22.5 Å². The molecule has 0 spiro atoms. The summed E-state index contributed by atoms with van der Waals surface area (Å²) < 4.78 is 0. The van der Waals surface area contributed by atoms with Crippen molar-refractivity contribution in [3.05, 3.63) is 58.8 Å². The van der Waals surface area contributed by atoms with Crippen LogP contribution in [-0.2, 0) is 4.79 Å². The van der Waals surface area contributed by atoms with E-state index >= 15 is 0 Å². The first kappa shape index (κ1) is 17.5. The van der Waals surface area contributed by atoms with Crippen LogP contribution in [0.15, 0.2) is 42.1 Å². The molecular formula is C20H22N4O2. The number of benzene rings is 2. The first-order valence-corrected chi connectivity index (χ1v) is 8.48. The maximum absolute atomic E-state index is 12.4. The van der Waals surface area contributed by atoms with Gasteiger partial charge in [0.25, 0.3) is 11.8 Å². The monoisotopic (exact) mass is 350 g/mol. The fourth-order valence-corrected chi connectivity index (χ4v) is 3.04. The molecule has 0 aromatic heterocycles. The van der Waals surface area contributed by atoms with Gasteiger partial charge in [0, 0.05) is 40.4 Å². The minimum absolute atomic E-state index is 0.115. The van der Waals surface area contributed by atoms with Crippen LogP contribution in [0.4, 0.5) is 17.1 Å². The number of carbonyl (C=O) groups is 2. The summed E-state index contributed by atoms with van der Waals surface area (Å²) in [5, 5.41) is 8.89. The Morgan fingerprint density at radius 3 is 2.69 bits per heavy atom. The molecule has 1 heterocycles.